The molecule has 1 aromatic heterocycles. The van der Waals surface area contributed by atoms with Gasteiger partial charge in [0.1, 0.15) is 0 Å². The SMILES string of the molecule is Cc1nc(CC(=O)N/N=C2/C[C@H]3C=CC[C@H]23)cs1. The van der Waals surface area contributed by atoms with Crippen molar-refractivity contribution in [1.29, 1.82) is 0 Å². The number of hydrogen-bond acceptors (Lipinski definition) is 4. The second kappa shape index (κ2) is 4.65. The number of allylic oxidation sites excluding steroid dienone is 2. The van der Waals surface area contributed by atoms with E-state index in [1.165, 1.54) is 0 Å². The Hall–Kier alpha value is -1.49. The number of hydrogen-bond donors (Lipinski definition) is 1. The van der Waals surface area contributed by atoms with Gasteiger partial charge in [0.2, 0.25) is 5.91 Å². The largest absolute Gasteiger partial charge is 0.273 e. The van der Waals surface area contributed by atoms with Crippen LogP contribution in [0.15, 0.2) is 22.6 Å². The van der Waals surface area contributed by atoms with Crippen molar-refractivity contribution in [2.24, 2.45) is 16.9 Å². The van der Waals surface area contributed by atoms with Crippen molar-refractivity contribution < 1.29 is 4.79 Å². The Morgan fingerprint density at radius 1 is 1.67 bits per heavy atom. The summed E-state index contributed by atoms with van der Waals surface area (Å²) in [5, 5.41) is 7.14. The van der Waals surface area contributed by atoms with Crippen LogP contribution in [0.3, 0.4) is 0 Å². The predicted octanol–water partition coefficient (Wildman–Crippen LogP) is 2.06. The number of fused-ring (bicyclic) bond motifs is 1. The molecule has 2 aliphatic carbocycles. The van der Waals surface area contributed by atoms with Gasteiger partial charge in [-0.2, -0.15) is 5.10 Å². The monoisotopic (exact) mass is 261 g/mol. The number of aromatic nitrogens is 1. The van der Waals surface area contributed by atoms with Crippen LogP contribution < -0.4 is 5.43 Å². The zero-order chi connectivity index (χ0) is 12.5. The van der Waals surface area contributed by atoms with Gasteiger partial charge in [-0.25, -0.2) is 10.4 Å². The summed E-state index contributed by atoms with van der Waals surface area (Å²) in [5.74, 6) is 1.14. The smallest absolute Gasteiger partial charge is 0.246 e. The number of hydrazone groups is 1. The van der Waals surface area contributed by atoms with Gasteiger partial charge in [0.15, 0.2) is 0 Å². The molecule has 5 heteroatoms. The van der Waals surface area contributed by atoms with Gasteiger partial charge in [-0.05, 0) is 25.7 Å². The standard InChI is InChI=1S/C13H15N3OS/c1-8-14-10(7-18-8)6-13(17)16-15-12-5-9-3-2-4-11(9)12/h2-3,7,9,11H,4-6H2,1H3,(H,16,17)/b15-12-/t9-,11+/m1/s1. The highest BCUT2D eigenvalue weighted by molar-refractivity contribution is 7.09. The Morgan fingerprint density at radius 3 is 3.28 bits per heavy atom. The van der Waals surface area contributed by atoms with Crippen molar-refractivity contribution in [3.8, 4) is 0 Å². The molecule has 94 valence electrons. The average molecular weight is 261 g/mol. The molecular weight excluding hydrogens is 246 g/mol. The molecule has 3 rings (SSSR count). The topological polar surface area (TPSA) is 54.4 Å². The molecule has 0 radical (unpaired) electrons. The summed E-state index contributed by atoms with van der Waals surface area (Å²) in [6.45, 7) is 1.94. The molecule has 2 atom stereocenters. The third kappa shape index (κ3) is 2.22. The molecule has 1 N–H and O–H groups in total. The van der Waals surface area contributed by atoms with Crippen LogP contribution in [0.5, 0.6) is 0 Å². The van der Waals surface area contributed by atoms with Gasteiger partial charge >= 0.3 is 0 Å². The molecule has 1 heterocycles. The Kier molecular flexibility index (Phi) is 2.99. The quantitative estimate of drug-likeness (QED) is 0.669. The van der Waals surface area contributed by atoms with Crippen LogP contribution >= 0.6 is 11.3 Å². The van der Waals surface area contributed by atoms with E-state index in [2.05, 4.69) is 27.7 Å². The van der Waals surface area contributed by atoms with Crippen LogP contribution in [0.2, 0.25) is 0 Å². The van der Waals surface area contributed by atoms with Crippen molar-refractivity contribution in [1.82, 2.24) is 10.4 Å². The van der Waals surface area contributed by atoms with Gasteiger partial charge in [0, 0.05) is 17.0 Å². The number of nitrogens with one attached hydrogen (secondary N) is 1. The van der Waals surface area contributed by atoms with E-state index in [0.717, 1.165) is 29.3 Å². The first-order valence-electron chi connectivity index (χ1n) is 6.15. The van der Waals surface area contributed by atoms with Crippen LogP contribution in [0.1, 0.15) is 23.5 Å². The number of thiazole rings is 1. The lowest BCUT2D eigenvalue weighted by molar-refractivity contribution is -0.120. The summed E-state index contributed by atoms with van der Waals surface area (Å²) in [6, 6.07) is 0. The molecule has 1 amide bonds. The maximum Gasteiger partial charge on any atom is 0.246 e. The second-order valence-electron chi connectivity index (χ2n) is 4.81. The average Bonchev–Trinajstić information content (AvgIpc) is 2.86. The number of carbonyl (C=O) groups is 1. The number of amides is 1. The van der Waals surface area contributed by atoms with E-state index >= 15 is 0 Å². The van der Waals surface area contributed by atoms with Crippen LogP contribution in [-0.4, -0.2) is 16.6 Å². The molecule has 1 aromatic rings. The van der Waals surface area contributed by atoms with Crippen molar-refractivity contribution in [2.45, 2.75) is 26.2 Å². The first-order valence-corrected chi connectivity index (χ1v) is 7.03. The lowest BCUT2D eigenvalue weighted by atomic mass is 9.74. The van der Waals surface area contributed by atoms with E-state index in [1.54, 1.807) is 11.3 Å². The lowest BCUT2D eigenvalue weighted by Crippen LogP contribution is -2.35. The van der Waals surface area contributed by atoms with Gasteiger partial charge in [-0.1, -0.05) is 12.2 Å². The van der Waals surface area contributed by atoms with Crippen LogP contribution in [0, 0.1) is 18.8 Å². The number of rotatable bonds is 3. The molecule has 18 heavy (non-hydrogen) atoms. The summed E-state index contributed by atoms with van der Waals surface area (Å²) in [5.41, 5.74) is 4.60. The summed E-state index contributed by atoms with van der Waals surface area (Å²) in [6.07, 6.45) is 6.84. The molecule has 0 aliphatic heterocycles. The van der Waals surface area contributed by atoms with E-state index in [-0.39, 0.29) is 5.91 Å². The highest BCUT2D eigenvalue weighted by Gasteiger charge is 2.37. The minimum atomic E-state index is -0.0813. The first-order chi connectivity index (χ1) is 8.72. The zero-order valence-corrected chi connectivity index (χ0v) is 11.0. The Labute approximate surface area is 110 Å². The number of carbonyl (C=O) groups excluding carboxylic acids is 1. The van der Waals surface area contributed by atoms with Crippen molar-refractivity contribution >= 4 is 23.0 Å². The molecule has 0 unspecified atom stereocenters. The molecule has 1 saturated carbocycles. The summed E-state index contributed by atoms with van der Waals surface area (Å²) in [4.78, 5) is 16.0. The van der Waals surface area contributed by atoms with Crippen molar-refractivity contribution in [2.75, 3.05) is 0 Å². The van der Waals surface area contributed by atoms with Crippen LogP contribution in [0.4, 0.5) is 0 Å². The minimum absolute atomic E-state index is 0.0813. The molecule has 0 spiro atoms. The first kappa shape index (κ1) is 11.6. The maximum absolute atomic E-state index is 11.7. The predicted molar refractivity (Wildman–Crippen MR) is 71.5 cm³/mol. The van der Waals surface area contributed by atoms with E-state index in [1.807, 2.05) is 12.3 Å². The molecule has 1 fully saturated rings. The fourth-order valence-electron chi connectivity index (χ4n) is 2.49. The van der Waals surface area contributed by atoms with Gasteiger partial charge in [-0.15, -0.1) is 11.3 Å². The number of aryl methyl sites for hydroxylation is 1. The normalized spacial score (nSPS) is 27.1. The third-order valence-electron chi connectivity index (χ3n) is 3.50. The Morgan fingerprint density at radius 2 is 2.56 bits per heavy atom. The summed E-state index contributed by atoms with van der Waals surface area (Å²) in [7, 11) is 0. The van der Waals surface area contributed by atoms with Crippen LogP contribution in [0.25, 0.3) is 0 Å². The molecule has 2 aliphatic rings. The summed E-state index contributed by atoms with van der Waals surface area (Å²) >= 11 is 1.56. The van der Waals surface area contributed by atoms with Crippen LogP contribution in [-0.2, 0) is 11.2 Å². The molecular formula is C13H15N3OS. The van der Waals surface area contributed by atoms with Gasteiger partial charge in [-0.3, -0.25) is 4.79 Å². The van der Waals surface area contributed by atoms with E-state index < -0.39 is 0 Å². The fraction of sp³-hybridized carbons (Fsp3) is 0.462. The highest BCUT2D eigenvalue weighted by atomic mass is 32.1. The molecule has 0 aromatic carbocycles. The fourth-order valence-corrected chi connectivity index (χ4v) is 3.10. The minimum Gasteiger partial charge on any atom is -0.273 e. The van der Waals surface area contributed by atoms with Crippen molar-refractivity contribution in [3.63, 3.8) is 0 Å². The second-order valence-corrected chi connectivity index (χ2v) is 5.87. The van der Waals surface area contributed by atoms with Gasteiger partial charge in [0.25, 0.3) is 0 Å². The zero-order valence-electron chi connectivity index (χ0n) is 10.2. The Bertz CT molecular complexity index is 532. The molecule has 4 nitrogen and oxygen atoms in total. The molecule has 0 bridgehead atoms. The van der Waals surface area contributed by atoms with E-state index in [4.69, 9.17) is 0 Å². The molecule has 0 saturated heterocycles. The maximum atomic E-state index is 11.7. The third-order valence-corrected chi connectivity index (χ3v) is 4.32. The van der Waals surface area contributed by atoms with Gasteiger partial charge < -0.3 is 0 Å². The van der Waals surface area contributed by atoms with Gasteiger partial charge in [0.05, 0.1) is 17.1 Å². The lowest BCUT2D eigenvalue weighted by Gasteiger charge is -2.31. The van der Waals surface area contributed by atoms with Crippen molar-refractivity contribution in [3.05, 3.63) is 28.2 Å². The summed E-state index contributed by atoms with van der Waals surface area (Å²) < 4.78 is 0. The number of nitrogens with zero attached hydrogens (tertiary/aromatic N) is 2. The van der Waals surface area contributed by atoms with E-state index in [0.29, 0.717) is 18.3 Å². The Balaban J connectivity index is 1.51. The highest BCUT2D eigenvalue weighted by Crippen LogP contribution is 2.39. The van der Waals surface area contributed by atoms with E-state index in [9.17, 15) is 4.79 Å².